The van der Waals surface area contributed by atoms with Crippen molar-refractivity contribution in [2.45, 2.75) is 6.23 Å². The number of hydrogen-bond donors (Lipinski definition) is 0. The average Bonchev–Trinajstić information content (AvgIpc) is 2.46. The molecular weight excluding hydrogens is 246 g/mol. The topological polar surface area (TPSA) is 48.1 Å². The Morgan fingerprint density at radius 1 is 1.11 bits per heavy atom. The van der Waals surface area contributed by atoms with E-state index in [2.05, 4.69) is 21.7 Å². The van der Waals surface area contributed by atoms with Crippen LogP contribution < -0.4 is 0 Å². The summed E-state index contributed by atoms with van der Waals surface area (Å²) in [4.78, 5) is 6.79. The van der Waals surface area contributed by atoms with Gasteiger partial charge in [0.2, 0.25) is 0 Å². The lowest BCUT2D eigenvalue weighted by Gasteiger charge is -2.37. The highest BCUT2D eigenvalue weighted by Gasteiger charge is 2.23. The molecule has 2 saturated heterocycles. The van der Waals surface area contributed by atoms with Gasteiger partial charge in [-0.05, 0) is 7.05 Å². The first-order valence-corrected chi connectivity index (χ1v) is 7.22. The van der Waals surface area contributed by atoms with Gasteiger partial charge in [0.1, 0.15) is 12.8 Å². The molecule has 2 aliphatic rings. The quantitative estimate of drug-likeness (QED) is 0.642. The molecule has 2 fully saturated rings. The van der Waals surface area contributed by atoms with Crippen LogP contribution in [0.15, 0.2) is 0 Å². The number of hydrogen-bond acceptors (Lipinski definition) is 5. The Morgan fingerprint density at radius 2 is 1.79 bits per heavy atom. The molecule has 0 aromatic heterocycles. The normalized spacial score (nSPS) is 25.6. The fourth-order valence-corrected chi connectivity index (χ4v) is 2.51. The lowest BCUT2D eigenvalue weighted by Crippen LogP contribution is -2.51. The molecule has 0 N–H and O–H groups in total. The van der Waals surface area contributed by atoms with Crippen LogP contribution in [0.2, 0.25) is 0 Å². The van der Waals surface area contributed by atoms with E-state index in [1.54, 1.807) is 0 Å². The summed E-state index contributed by atoms with van der Waals surface area (Å²) >= 11 is 0. The largest absolute Gasteiger partial charge is 0.379 e. The summed E-state index contributed by atoms with van der Waals surface area (Å²) in [5.41, 5.74) is 0. The number of piperazine rings is 1. The van der Waals surface area contributed by atoms with E-state index < -0.39 is 0 Å². The van der Waals surface area contributed by atoms with Crippen LogP contribution in [0.3, 0.4) is 0 Å². The van der Waals surface area contributed by atoms with Crippen LogP contribution in [0, 0.1) is 0 Å². The molecule has 0 spiro atoms. The van der Waals surface area contributed by atoms with Crippen LogP contribution in [0.5, 0.6) is 0 Å². The van der Waals surface area contributed by atoms with Gasteiger partial charge in [-0.25, -0.2) is 5.11 Å². The third-order valence-electron chi connectivity index (χ3n) is 3.91. The third-order valence-corrected chi connectivity index (χ3v) is 3.91. The predicted molar refractivity (Wildman–Crippen MR) is 71.6 cm³/mol. The Hall–Kier alpha value is -0.240. The van der Waals surface area contributed by atoms with Gasteiger partial charge >= 0.3 is 0 Å². The number of likely N-dealkylation sites (N-methyl/N-ethyl adjacent to an activating group) is 1. The molecule has 0 saturated carbocycles. The van der Waals surface area contributed by atoms with Crippen molar-refractivity contribution >= 4 is 0 Å². The van der Waals surface area contributed by atoms with Gasteiger partial charge in [0.25, 0.3) is 0 Å². The van der Waals surface area contributed by atoms with Crippen LogP contribution in [0.1, 0.15) is 0 Å². The van der Waals surface area contributed by atoms with Crippen LogP contribution in [-0.2, 0) is 14.6 Å². The number of nitrogens with zero attached hydrogens (tertiary/aromatic N) is 3. The Morgan fingerprint density at radius 3 is 2.42 bits per heavy atom. The summed E-state index contributed by atoms with van der Waals surface area (Å²) in [6.45, 7) is 8.82. The van der Waals surface area contributed by atoms with E-state index in [4.69, 9.17) is 9.47 Å². The zero-order valence-electron chi connectivity index (χ0n) is 11.9. The second kappa shape index (κ2) is 8.14. The van der Waals surface area contributed by atoms with Crippen molar-refractivity contribution in [1.82, 2.24) is 14.7 Å². The summed E-state index contributed by atoms with van der Waals surface area (Å²) in [6.07, 6.45) is -0.255. The molecule has 0 bridgehead atoms. The summed E-state index contributed by atoms with van der Waals surface area (Å²) in [6, 6.07) is 0. The zero-order valence-corrected chi connectivity index (χ0v) is 11.9. The van der Waals surface area contributed by atoms with Gasteiger partial charge in [0, 0.05) is 45.8 Å². The highest BCUT2D eigenvalue weighted by Crippen LogP contribution is 2.07. The summed E-state index contributed by atoms with van der Waals surface area (Å²) in [5.74, 6) is 0. The van der Waals surface area contributed by atoms with Gasteiger partial charge in [-0.1, -0.05) is 0 Å². The van der Waals surface area contributed by atoms with E-state index in [1.165, 1.54) is 0 Å². The van der Waals surface area contributed by atoms with E-state index in [0.717, 1.165) is 59.0 Å². The minimum absolute atomic E-state index is 0.174. The highest BCUT2D eigenvalue weighted by atomic mass is 16.5. The van der Waals surface area contributed by atoms with Gasteiger partial charge < -0.3 is 14.4 Å². The maximum atomic E-state index is 11.3. The molecule has 2 rings (SSSR count). The molecular formula is C13H26N3O3. The molecule has 0 amide bonds. The molecule has 1 unspecified atom stereocenters. The number of rotatable bonds is 6. The smallest absolute Gasteiger partial charge is 0.137 e. The highest BCUT2D eigenvalue weighted by molar-refractivity contribution is 4.72. The Balaban J connectivity index is 1.64. The zero-order chi connectivity index (χ0) is 13.5. The molecule has 111 valence electrons. The third kappa shape index (κ3) is 4.98. The van der Waals surface area contributed by atoms with E-state index >= 15 is 0 Å². The minimum Gasteiger partial charge on any atom is -0.379 e. The number of morpholine rings is 1. The van der Waals surface area contributed by atoms with Crippen molar-refractivity contribution in [2.75, 3.05) is 79.3 Å². The van der Waals surface area contributed by atoms with Crippen molar-refractivity contribution in [3.63, 3.8) is 0 Å². The van der Waals surface area contributed by atoms with Crippen molar-refractivity contribution < 1.29 is 14.6 Å². The van der Waals surface area contributed by atoms with Crippen molar-refractivity contribution in [3.05, 3.63) is 0 Å². The van der Waals surface area contributed by atoms with Crippen LogP contribution >= 0.6 is 0 Å². The molecule has 6 nitrogen and oxygen atoms in total. The lowest BCUT2D eigenvalue weighted by atomic mass is 10.3. The molecule has 0 aromatic carbocycles. The van der Waals surface area contributed by atoms with E-state index in [-0.39, 0.29) is 12.8 Å². The fourth-order valence-electron chi connectivity index (χ4n) is 2.51. The van der Waals surface area contributed by atoms with E-state index in [0.29, 0.717) is 6.61 Å². The standard InChI is InChI=1S/C13H26N3O3/c1-14-2-4-16(5-3-14)13(12-17)19-11-8-15-6-9-18-10-7-15/h13H,2-12H2,1H3. The summed E-state index contributed by atoms with van der Waals surface area (Å²) < 4.78 is 11.1. The summed E-state index contributed by atoms with van der Waals surface area (Å²) in [7, 11) is 2.11. The van der Waals surface area contributed by atoms with Gasteiger partial charge in [-0.3, -0.25) is 9.80 Å². The van der Waals surface area contributed by atoms with Crippen LogP contribution in [0.4, 0.5) is 0 Å². The maximum Gasteiger partial charge on any atom is 0.137 e. The Kier molecular flexibility index (Phi) is 6.49. The van der Waals surface area contributed by atoms with E-state index in [9.17, 15) is 5.11 Å². The second-order valence-electron chi connectivity index (χ2n) is 5.29. The second-order valence-corrected chi connectivity index (χ2v) is 5.29. The van der Waals surface area contributed by atoms with Crippen LogP contribution in [0.25, 0.3) is 0 Å². The Bertz CT molecular complexity index is 241. The van der Waals surface area contributed by atoms with Gasteiger partial charge in [0.05, 0.1) is 19.8 Å². The SMILES string of the molecule is CN1CCN(C(C[O])OCCN2CCOCC2)CC1. The molecule has 0 aromatic rings. The average molecular weight is 272 g/mol. The first-order chi connectivity index (χ1) is 9.29. The fraction of sp³-hybridized carbons (Fsp3) is 1.00. The molecule has 2 heterocycles. The molecule has 2 aliphatic heterocycles. The van der Waals surface area contributed by atoms with Gasteiger partial charge in [0.15, 0.2) is 0 Å². The predicted octanol–water partition coefficient (Wildman–Crippen LogP) is -0.661. The van der Waals surface area contributed by atoms with E-state index in [1.807, 2.05) is 0 Å². The lowest BCUT2D eigenvalue weighted by molar-refractivity contribution is -0.116. The molecule has 6 heteroatoms. The van der Waals surface area contributed by atoms with Crippen molar-refractivity contribution in [2.24, 2.45) is 0 Å². The molecule has 19 heavy (non-hydrogen) atoms. The van der Waals surface area contributed by atoms with Gasteiger partial charge in [-0.2, -0.15) is 0 Å². The summed E-state index contributed by atoms with van der Waals surface area (Å²) in [5, 5.41) is 11.3. The van der Waals surface area contributed by atoms with Crippen molar-refractivity contribution in [3.8, 4) is 0 Å². The minimum atomic E-state index is -0.255. The number of ether oxygens (including phenoxy) is 2. The molecule has 1 atom stereocenters. The first kappa shape index (κ1) is 15.2. The first-order valence-electron chi connectivity index (χ1n) is 7.22. The van der Waals surface area contributed by atoms with Crippen molar-refractivity contribution in [1.29, 1.82) is 0 Å². The maximum absolute atomic E-state index is 11.3. The van der Waals surface area contributed by atoms with Gasteiger partial charge in [-0.15, -0.1) is 0 Å². The molecule has 0 aliphatic carbocycles. The Labute approximate surface area is 115 Å². The molecule has 1 radical (unpaired) electrons. The van der Waals surface area contributed by atoms with Crippen LogP contribution in [-0.4, -0.2) is 100 Å². The monoisotopic (exact) mass is 272 g/mol.